The third-order valence-electron chi connectivity index (χ3n) is 6.43. The van der Waals surface area contributed by atoms with E-state index >= 15 is 0 Å². The molecule has 2 aromatic rings. The second-order valence-electron chi connectivity index (χ2n) is 8.33. The molecule has 2 heterocycles. The molecule has 0 saturated heterocycles. The number of nitrogens with zero attached hydrogens (tertiary/aromatic N) is 3. The van der Waals surface area contributed by atoms with E-state index in [0.29, 0.717) is 17.8 Å². The van der Waals surface area contributed by atoms with Gasteiger partial charge in [-0.3, -0.25) is 4.79 Å². The molecule has 6 nitrogen and oxygen atoms in total. The van der Waals surface area contributed by atoms with Gasteiger partial charge in [-0.15, -0.1) is 0 Å². The van der Waals surface area contributed by atoms with Crippen LogP contribution in [-0.4, -0.2) is 20.6 Å². The number of aromatic nitrogens is 3. The lowest BCUT2D eigenvalue weighted by molar-refractivity contribution is 0.0891. The summed E-state index contributed by atoms with van der Waals surface area (Å²) in [5, 5.41) is 7.41. The average molecular weight is 370 g/mol. The molecule has 2 saturated carbocycles. The highest BCUT2D eigenvalue weighted by Crippen LogP contribution is 2.38. The molecule has 0 aliphatic heterocycles. The highest BCUT2D eigenvalue weighted by molar-refractivity contribution is 5.96. The second kappa shape index (κ2) is 7.13. The lowest BCUT2D eigenvalue weighted by atomic mass is 9.95. The van der Waals surface area contributed by atoms with Crippen LogP contribution < -0.4 is 5.32 Å². The summed E-state index contributed by atoms with van der Waals surface area (Å²) in [5.74, 6) is 1.14. The van der Waals surface area contributed by atoms with Gasteiger partial charge in [0, 0.05) is 24.4 Å². The summed E-state index contributed by atoms with van der Waals surface area (Å²) >= 11 is 0. The molecule has 0 bridgehead atoms. The Morgan fingerprint density at radius 3 is 2.48 bits per heavy atom. The highest BCUT2D eigenvalue weighted by atomic mass is 16.5. The first-order valence-corrected chi connectivity index (χ1v) is 10.3. The van der Waals surface area contributed by atoms with Crippen LogP contribution in [0.4, 0.5) is 0 Å². The van der Waals surface area contributed by atoms with Crippen LogP contribution in [-0.2, 0) is 5.54 Å². The Kier molecular flexibility index (Phi) is 4.82. The molecule has 0 spiro atoms. The molecule has 1 amide bonds. The number of amides is 1. The van der Waals surface area contributed by atoms with Crippen molar-refractivity contribution < 1.29 is 9.32 Å². The van der Waals surface area contributed by atoms with E-state index in [9.17, 15) is 4.79 Å². The number of carbonyl (C=O) groups is 1. The third kappa shape index (κ3) is 3.30. The van der Waals surface area contributed by atoms with E-state index in [1.165, 1.54) is 37.8 Å². The SMILES string of the molecule is Cc1nc(C2(NC(=O)c3cc(C)n(C4CCCCC4)c3C)CCCC2)no1. The smallest absolute Gasteiger partial charge is 0.253 e. The fraction of sp³-hybridized carbons (Fsp3) is 0.667. The molecule has 146 valence electrons. The number of rotatable bonds is 4. The molecular formula is C21H30N4O2. The van der Waals surface area contributed by atoms with Crippen molar-refractivity contribution in [3.05, 3.63) is 34.7 Å². The lowest BCUT2D eigenvalue weighted by Gasteiger charge is -2.28. The van der Waals surface area contributed by atoms with E-state index in [-0.39, 0.29) is 5.91 Å². The summed E-state index contributed by atoms with van der Waals surface area (Å²) in [6, 6.07) is 2.57. The molecule has 27 heavy (non-hydrogen) atoms. The van der Waals surface area contributed by atoms with Crippen molar-refractivity contribution >= 4 is 5.91 Å². The number of hydrogen-bond acceptors (Lipinski definition) is 4. The van der Waals surface area contributed by atoms with Crippen LogP contribution in [0, 0.1) is 20.8 Å². The molecule has 0 atom stereocenters. The van der Waals surface area contributed by atoms with Gasteiger partial charge in [-0.1, -0.05) is 37.3 Å². The molecule has 6 heteroatoms. The average Bonchev–Trinajstić information content (AvgIpc) is 3.36. The van der Waals surface area contributed by atoms with Crippen LogP contribution in [0.1, 0.15) is 97.3 Å². The number of hydrogen-bond donors (Lipinski definition) is 1. The minimum atomic E-state index is -0.498. The highest BCUT2D eigenvalue weighted by Gasteiger charge is 2.41. The minimum absolute atomic E-state index is 0.0190. The number of aryl methyl sites for hydroxylation is 2. The van der Waals surface area contributed by atoms with Crippen LogP contribution >= 0.6 is 0 Å². The van der Waals surface area contributed by atoms with E-state index in [1.807, 2.05) is 6.07 Å². The van der Waals surface area contributed by atoms with Crippen molar-refractivity contribution in [1.82, 2.24) is 20.0 Å². The van der Waals surface area contributed by atoms with E-state index in [2.05, 4.69) is 33.9 Å². The standard InChI is InChI=1S/C21H30N4O2/c1-14-13-18(15(2)25(14)17-9-5-4-6-10-17)19(26)23-21(11-7-8-12-21)20-22-16(3)27-24-20/h13,17H,4-12H2,1-3H3,(H,23,26). The van der Waals surface area contributed by atoms with Crippen LogP contribution in [0.2, 0.25) is 0 Å². The predicted octanol–water partition coefficient (Wildman–Crippen LogP) is 4.50. The summed E-state index contributed by atoms with van der Waals surface area (Å²) in [7, 11) is 0. The summed E-state index contributed by atoms with van der Waals surface area (Å²) in [6.45, 7) is 5.99. The number of nitrogens with one attached hydrogen (secondary N) is 1. The van der Waals surface area contributed by atoms with Gasteiger partial charge in [-0.05, 0) is 45.6 Å². The van der Waals surface area contributed by atoms with Gasteiger partial charge in [0.05, 0.1) is 5.56 Å². The van der Waals surface area contributed by atoms with Gasteiger partial charge >= 0.3 is 0 Å². The third-order valence-corrected chi connectivity index (χ3v) is 6.43. The lowest BCUT2D eigenvalue weighted by Crippen LogP contribution is -2.44. The van der Waals surface area contributed by atoms with Crippen molar-refractivity contribution in [2.24, 2.45) is 0 Å². The van der Waals surface area contributed by atoms with Crippen LogP contribution in [0.3, 0.4) is 0 Å². The fourth-order valence-corrected chi connectivity index (χ4v) is 5.07. The first kappa shape index (κ1) is 18.3. The van der Waals surface area contributed by atoms with E-state index in [4.69, 9.17) is 4.52 Å². The Morgan fingerprint density at radius 2 is 1.85 bits per heavy atom. The van der Waals surface area contributed by atoms with Crippen LogP contribution in [0.15, 0.2) is 10.6 Å². The molecule has 2 aliphatic carbocycles. The maximum absolute atomic E-state index is 13.2. The van der Waals surface area contributed by atoms with E-state index in [0.717, 1.165) is 36.9 Å². The van der Waals surface area contributed by atoms with Gasteiger partial charge in [-0.2, -0.15) is 4.98 Å². The molecular weight excluding hydrogens is 340 g/mol. The molecule has 1 N–H and O–H groups in total. The number of carbonyl (C=O) groups excluding carboxylic acids is 1. The molecule has 0 unspecified atom stereocenters. The minimum Gasteiger partial charge on any atom is -0.345 e. The van der Waals surface area contributed by atoms with Crippen molar-refractivity contribution in [2.75, 3.05) is 0 Å². The van der Waals surface area contributed by atoms with Crippen LogP contribution in [0.25, 0.3) is 0 Å². The second-order valence-corrected chi connectivity index (χ2v) is 8.33. The summed E-state index contributed by atoms with van der Waals surface area (Å²) in [6.07, 6.45) is 10.2. The topological polar surface area (TPSA) is 73.0 Å². The largest absolute Gasteiger partial charge is 0.345 e. The Balaban J connectivity index is 1.61. The Labute approximate surface area is 160 Å². The summed E-state index contributed by atoms with van der Waals surface area (Å²) < 4.78 is 7.58. The molecule has 2 aliphatic rings. The van der Waals surface area contributed by atoms with Gasteiger partial charge in [0.2, 0.25) is 5.89 Å². The maximum atomic E-state index is 13.2. The normalized spacial score (nSPS) is 20.1. The fourth-order valence-electron chi connectivity index (χ4n) is 5.07. The zero-order chi connectivity index (χ0) is 19.0. The zero-order valence-corrected chi connectivity index (χ0v) is 16.7. The first-order chi connectivity index (χ1) is 13.0. The van der Waals surface area contributed by atoms with Gasteiger partial charge in [0.1, 0.15) is 5.54 Å². The maximum Gasteiger partial charge on any atom is 0.253 e. The molecule has 2 fully saturated rings. The summed E-state index contributed by atoms with van der Waals surface area (Å²) in [5.41, 5.74) is 2.54. The Hall–Kier alpha value is -2.11. The Morgan fingerprint density at radius 1 is 1.15 bits per heavy atom. The van der Waals surface area contributed by atoms with Gasteiger partial charge in [0.25, 0.3) is 5.91 Å². The van der Waals surface area contributed by atoms with E-state index in [1.54, 1.807) is 6.92 Å². The van der Waals surface area contributed by atoms with Gasteiger partial charge in [-0.25, -0.2) is 0 Å². The van der Waals surface area contributed by atoms with Crippen molar-refractivity contribution in [3.63, 3.8) is 0 Å². The zero-order valence-electron chi connectivity index (χ0n) is 16.7. The predicted molar refractivity (Wildman–Crippen MR) is 103 cm³/mol. The molecule has 4 rings (SSSR count). The van der Waals surface area contributed by atoms with Gasteiger partial charge in [0.15, 0.2) is 5.82 Å². The van der Waals surface area contributed by atoms with Crippen molar-refractivity contribution in [3.8, 4) is 0 Å². The quantitative estimate of drug-likeness (QED) is 0.860. The van der Waals surface area contributed by atoms with Crippen LogP contribution in [0.5, 0.6) is 0 Å². The first-order valence-electron chi connectivity index (χ1n) is 10.3. The van der Waals surface area contributed by atoms with E-state index < -0.39 is 5.54 Å². The molecule has 0 aromatic carbocycles. The molecule has 0 radical (unpaired) electrons. The monoisotopic (exact) mass is 370 g/mol. The molecule has 2 aromatic heterocycles. The summed E-state index contributed by atoms with van der Waals surface area (Å²) in [4.78, 5) is 17.7. The Bertz CT molecular complexity index is 823. The van der Waals surface area contributed by atoms with Crippen molar-refractivity contribution in [2.45, 2.75) is 90.1 Å². The van der Waals surface area contributed by atoms with Gasteiger partial charge < -0.3 is 14.4 Å². The van der Waals surface area contributed by atoms with Crippen molar-refractivity contribution in [1.29, 1.82) is 0 Å².